The van der Waals surface area contributed by atoms with Crippen LogP contribution < -0.4 is 0 Å². The zero-order valence-electron chi connectivity index (χ0n) is 21.8. The van der Waals surface area contributed by atoms with Crippen LogP contribution in [0.1, 0.15) is 32.6 Å². The molecule has 0 N–H and O–H groups in total. The zero-order chi connectivity index (χ0) is 26.9. The van der Waals surface area contributed by atoms with Crippen LogP contribution in [0.2, 0.25) is 0 Å². The van der Waals surface area contributed by atoms with Gasteiger partial charge < -0.3 is 4.74 Å². The van der Waals surface area contributed by atoms with E-state index >= 15 is 0 Å². The van der Waals surface area contributed by atoms with E-state index in [1.807, 2.05) is 68.4 Å². The number of ether oxygens (including phenoxy) is 1. The van der Waals surface area contributed by atoms with Gasteiger partial charge in [-0.2, -0.15) is 9.40 Å². The molecule has 0 radical (unpaired) electrons. The molecule has 1 saturated heterocycles. The Morgan fingerprint density at radius 2 is 1.66 bits per heavy atom. The topological polar surface area (TPSA) is 81.5 Å². The second-order valence-electron chi connectivity index (χ2n) is 9.76. The van der Waals surface area contributed by atoms with Gasteiger partial charge in [-0.3, -0.25) is 4.79 Å². The Labute approximate surface area is 223 Å². The third-order valence-corrected chi connectivity index (χ3v) is 8.85. The number of rotatable bonds is 7. The van der Waals surface area contributed by atoms with Crippen molar-refractivity contribution in [3.63, 3.8) is 0 Å². The Morgan fingerprint density at radius 3 is 2.37 bits per heavy atom. The molecular formula is C30H31N3O4S. The number of aryl methyl sites for hydroxylation is 3. The highest BCUT2D eigenvalue weighted by molar-refractivity contribution is 7.89. The summed E-state index contributed by atoms with van der Waals surface area (Å²) in [4.78, 5) is 13.9. The monoisotopic (exact) mass is 529 g/mol. The summed E-state index contributed by atoms with van der Waals surface area (Å²) in [6.45, 7) is 7.21. The van der Waals surface area contributed by atoms with Crippen LogP contribution in [0.3, 0.4) is 0 Å². The van der Waals surface area contributed by atoms with E-state index in [0.29, 0.717) is 48.7 Å². The molecule has 0 saturated carbocycles. The number of hydrogen-bond acceptors (Lipinski definition) is 5. The number of carbonyl (C=O) groups is 1. The van der Waals surface area contributed by atoms with Gasteiger partial charge in [-0.05, 0) is 55.7 Å². The van der Waals surface area contributed by atoms with Crippen LogP contribution in [0.25, 0.3) is 16.9 Å². The molecule has 2 heterocycles. The van der Waals surface area contributed by atoms with E-state index in [9.17, 15) is 13.2 Å². The van der Waals surface area contributed by atoms with E-state index in [0.717, 1.165) is 22.4 Å². The average Bonchev–Trinajstić information content (AvgIpc) is 3.36. The minimum atomic E-state index is -3.68. The summed E-state index contributed by atoms with van der Waals surface area (Å²) >= 11 is 0. The van der Waals surface area contributed by atoms with Crippen molar-refractivity contribution >= 4 is 15.8 Å². The quantitative estimate of drug-likeness (QED) is 0.318. The number of hydrogen-bond donors (Lipinski definition) is 0. The number of aromatic nitrogens is 2. The highest BCUT2D eigenvalue weighted by Crippen LogP contribution is 2.27. The van der Waals surface area contributed by atoms with E-state index in [1.165, 1.54) is 4.31 Å². The SMILES string of the molecule is Cc1ccc(-c2nn(-c3cccc(C)c3)cc2C(=O)Cc2ccc(C)c(S(=O)(=O)N3CCOCC3)c2)cc1. The fraction of sp³-hybridized carbons (Fsp3) is 0.267. The van der Waals surface area contributed by atoms with Gasteiger partial charge >= 0.3 is 0 Å². The Kier molecular flexibility index (Phi) is 7.29. The number of benzene rings is 3. The predicted molar refractivity (Wildman–Crippen MR) is 147 cm³/mol. The van der Waals surface area contributed by atoms with Crippen LogP contribution in [0.5, 0.6) is 0 Å². The molecule has 5 rings (SSSR count). The predicted octanol–water partition coefficient (Wildman–Crippen LogP) is 4.91. The molecule has 8 heteroatoms. The molecule has 0 atom stereocenters. The maximum atomic E-state index is 13.7. The van der Waals surface area contributed by atoms with Crippen molar-refractivity contribution in [1.82, 2.24) is 14.1 Å². The Balaban J connectivity index is 1.50. The molecule has 1 fully saturated rings. The van der Waals surface area contributed by atoms with Crippen LogP contribution in [0.4, 0.5) is 0 Å². The van der Waals surface area contributed by atoms with Crippen molar-refractivity contribution in [2.24, 2.45) is 0 Å². The average molecular weight is 530 g/mol. The number of Topliss-reactive ketones (excluding diaryl/α,β-unsaturated/α-hetero) is 1. The zero-order valence-corrected chi connectivity index (χ0v) is 22.7. The normalized spacial score (nSPS) is 14.5. The van der Waals surface area contributed by atoms with E-state index in [2.05, 4.69) is 0 Å². The molecular weight excluding hydrogens is 498 g/mol. The van der Waals surface area contributed by atoms with Gasteiger partial charge in [0, 0.05) is 31.3 Å². The minimum absolute atomic E-state index is 0.0598. The van der Waals surface area contributed by atoms with Crippen molar-refractivity contribution in [2.75, 3.05) is 26.3 Å². The largest absolute Gasteiger partial charge is 0.379 e. The number of nitrogens with zero attached hydrogens (tertiary/aromatic N) is 3. The fourth-order valence-electron chi connectivity index (χ4n) is 4.64. The van der Waals surface area contributed by atoms with Crippen molar-refractivity contribution in [3.8, 4) is 16.9 Å². The maximum Gasteiger partial charge on any atom is 0.243 e. The van der Waals surface area contributed by atoms with Gasteiger partial charge in [-0.1, -0.05) is 54.1 Å². The van der Waals surface area contributed by atoms with Crippen molar-refractivity contribution in [3.05, 3.63) is 101 Å². The Morgan fingerprint density at radius 1 is 0.921 bits per heavy atom. The second kappa shape index (κ2) is 10.6. The first-order valence-corrected chi connectivity index (χ1v) is 14.1. The highest BCUT2D eigenvalue weighted by Gasteiger charge is 2.28. The molecule has 0 amide bonds. The van der Waals surface area contributed by atoms with Gasteiger partial charge in [0.15, 0.2) is 5.78 Å². The summed E-state index contributed by atoms with van der Waals surface area (Å²) < 4.78 is 35.2. The standard InChI is InChI=1S/C30H31N3O4S/c1-21-7-11-25(12-8-21)30-27(20-33(31-30)26-6-4-5-22(2)17-26)28(34)18-24-10-9-23(3)29(19-24)38(35,36)32-13-15-37-16-14-32/h4-12,17,19-20H,13-16,18H2,1-3H3. The molecule has 0 unspecified atom stereocenters. The van der Waals surface area contributed by atoms with Crippen LogP contribution in [-0.4, -0.2) is 54.6 Å². The third kappa shape index (κ3) is 5.34. The van der Waals surface area contributed by atoms with E-state index < -0.39 is 10.0 Å². The van der Waals surface area contributed by atoms with Gasteiger partial charge in [-0.15, -0.1) is 0 Å². The molecule has 0 spiro atoms. The molecule has 0 bridgehead atoms. The lowest BCUT2D eigenvalue weighted by Crippen LogP contribution is -2.40. The van der Waals surface area contributed by atoms with Crippen LogP contribution in [0, 0.1) is 20.8 Å². The van der Waals surface area contributed by atoms with Crippen LogP contribution in [0.15, 0.2) is 77.8 Å². The first-order chi connectivity index (χ1) is 18.2. The minimum Gasteiger partial charge on any atom is -0.379 e. The van der Waals surface area contributed by atoms with Crippen molar-refractivity contribution < 1.29 is 17.9 Å². The molecule has 1 aromatic heterocycles. The lowest BCUT2D eigenvalue weighted by molar-refractivity contribution is 0.0730. The molecule has 0 aliphatic carbocycles. The van der Waals surface area contributed by atoms with Crippen molar-refractivity contribution in [2.45, 2.75) is 32.1 Å². The van der Waals surface area contributed by atoms with Gasteiger partial charge in [0.1, 0.15) is 5.69 Å². The fourth-order valence-corrected chi connectivity index (χ4v) is 6.33. The van der Waals surface area contributed by atoms with Crippen LogP contribution in [-0.2, 0) is 21.2 Å². The number of morpholine rings is 1. The van der Waals surface area contributed by atoms with E-state index in [-0.39, 0.29) is 17.1 Å². The summed E-state index contributed by atoms with van der Waals surface area (Å²) in [5, 5.41) is 4.80. The molecule has 1 aliphatic heterocycles. The maximum absolute atomic E-state index is 13.7. The third-order valence-electron chi connectivity index (χ3n) is 6.81. The van der Waals surface area contributed by atoms with Gasteiger partial charge in [0.2, 0.25) is 10.0 Å². The first-order valence-electron chi connectivity index (χ1n) is 12.7. The molecule has 1 aliphatic rings. The first kappa shape index (κ1) is 26.0. The summed E-state index contributed by atoms with van der Waals surface area (Å²) in [5.41, 5.74) is 6.32. The number of ketones is 1. The number of carbonyl (C=O) groups excluding carboxylic acids is 1. The van der Waals surface area contributed by atoms with E-state index in [1.54, 1.807) is 29.9 Å². The summed E-state index contributed by atoms with van der Waals surface area (Å²) in [6, 6.07) is 21.1. The molecule has 7 nitrogen and oxygen atoms in total. The molecule has 3 aromatic carbocycles. The van der Waals surface area contributed by atoms with Crippen molar-refractivity contribution in [1.29, 1.82) is 0 Å². The summed E-state index contributed by atoms with van der Waals surface area (Å²) in [7, 11) is -3.68. The highest BCUT2D eigenvalue weighted by atomic mass is 32.2. The Hall–Kier alpha value is -3.59. The van der Waals surface area contributed by atoms with Gasteiger partial charge in [-0.25, -0.2) is 13.1 Å². The lowest BCUT2D eigenvalue weighted by Gasteiger charge is -2.26. The van der Waals surface area contributed by atoms with Gasteiger partial charge in [0.05, 0.1) is 29.4 Å². The number of sulfonamides is 1. The Bertz CT molecular complexity index is 1580. The molecule has 196 valence electrons. The lowest BCUT2D eigenvalue weighted by atomic mass is 9.99. The summed E-state index contributed by atoms with van der Waals surface area (Å²) in [5.74, 6) is -0.127. The molecule has 38 heavy (non-hydrogen) atoms. The van der Waals surface area contributed by atoms with Gasteiger partial charge in [0.25, 0.3) is 0 Å². The van der Waals surface area contributed by atoms with E-state index in [4.69, 9.17) is 9.84 Å². The molecule has 4 aromatic rings. The summed E-state index contributed by atoms with van der Waals surface area (Å²) in [6.07, 6.45) is 1.83. The van der Waals surface area contributed by atoms with Crippen LogP contribution >= 0.6 is 0 Å². The smallest absolute Gasteiger partial charge is 0.243 e. The second-order valence-corrected chi connectivity index (χ2v) is 11.7.